The third kappa shape index (κ3) is 3.89. The van der Waals surface area contributed by atoms with Gasteiger partial charge in [0.1, 0.15) is 5.76 Å². The van der Waals surface area contributed by atoms with Crippen molar-refractivity contribution in [1.29, 1.82) is 0 Å². The standard InChI is InChI=1S/C21H23N3O3/c25-20(12-16-13-22-19-6-2-1-5-18(16)19)24-9-7-15(8-10-24)21(26)23-14-17-4-3-11-27-17/h1-6,11,13,15,22H,7-10,12,14H2,(H,23,26). The number of amides is 2. The molecule has 27 heavy (non-hydrogen) atoms. The number of piperidine rings is 1. The van der Waals surface area contributed by atoms with Crippen molar-refractivity contribution in [1.82, 2.24) is 15.2 Å². The molecule has 0 spiro atoms. The van der Waals surface area contributed by atoms with Crippen LogP contribution in [0.3, 0.4) is 0 Å². The molecule has 1 aromatic carbocycles. The SMILES string of the molecule is O=C(NCc1ccco1)C1CCN(C(=O)Cc2c[nH]c3ccccc23)CC1. The minimum Gasteiger partial charge on any atom is -0.467 e. The van der Waals surface area contributed by atoms with Gasteiger partial charge in [-0.3, -0.25) is 9.59 Å². The van der Waals surface area contributed by atoms with Crippen LogP contribution in [0.15, 0.2) is 53.3 Å². The first-order valence-electron chi connectivity index (χ1n) is 9.33. The summed E-state index contributed by atoms with van der Waals surface area (Å²) in [7, 11) is 0. The van der Waals surface area contributed by atoms with Crippen LogP contribution >= 0.6 is 0 Å². The summed E-state index contributed by atoms with van der Waals surface area (Å²) < 4.78 is 5.23. The molecule has 6 heteroatoms. The Labute approximate surface area is 157 Å². The van der Waals surface area contributed by atoms with Gasteiger partial charge in [-0.1, -0.05) is 18.2 Å². The van der Waals surface area contributed by atoms with Crippen molar-refractivity contribution in [3.8, 4) is 0 Å². The van der Waals surface area contributed by atoms with Crippen LogP contribution in [0, 0.1) is 5.92 Å². The molecule has 0 bridgehead atoms. The second kappa shape index (κ2) is 7.70. The lowest BCUT2D eigenvalue weighted by molar-refractivity contribution is -0.135. The van der Waals surface area contributed by atoms with E-state index >= 15 is 0 Å². The number of fused-ring (bicyclic) bond motifs is 1. The fraction of sp³-hybridized carbons (Fsp3) is 0.333. The summed E-state index contributed by atoms with van der Waals surface area (Å²) >= 11 is 0. The molecule has 140 valence electrons. The molecule has 0 saturated carbocycles. The topological polar surface area (TPSA) is 78.3 Å². The summed E-state index contributed by atoms with van der Waals surface area (Å²) in [5.74, 6) is 0.858. The highest BCUT2D eigenvalue weighted by Gasteiger charge is 2.27. The zero-order chi connectivity index (χ0) is 18.6. The number of hydrogen-bond acceptors (Lipinski definition) is 3. The fourth-order valence-electron chi connectivity index (χ4n) is 3.68. The number of H-pyrrole nitrogens is 1. The van der Waals surface area contributed by atoms with E-state index in [9.17, 15) is 9.59 Å². The smallest absolute Gasteiger partial charge is 0.227 e. The quantitative estimate of drug-likeness (QED) is 0.730. The van der Waals surface area contributed by atoms with Crippen molar-refractivity contribution in [3.63, 3.8) is 0 Å². The summed E-state index contributed by atoms with van der Waals surface area (Å²) in [5.41, 5.74) is 2.07. The van der Waals surface area contributed by atoms with Crippen molar-refractivity contribution >= 4 is 22.7 Å². The predicted molar refractivity (Wildman–Crippen MR) is 102 cm³/mol. The van der Waals surface area contributed by atoms with Gasteiger partial charge in [0.05, 0.1) is 19.2 Å². The molecule has 1 aliphatic rings. The van der Waals surface area contributed by atoms with E-state index in [0.29, 0.717) is 38.9 Å². The monoisotopic (exact) mass is 365 g/mol. The lowest BCUT2D eigenvalue weighted by Crippen LogP contribution is -2.43. The normalized spacial score (nSPS) is 15.2. The summed E-state index contributed by atoms with van der Waals surface area (Å²) in [6, 6.07) is 11.6. The third-order valence-electron chi connectivity index (χ3n) is 5.25. The van der Waals surface area contributed by atoms with Crippen molar-refractivity contribution in [3.05, 3.63) is 60.2 Å². The molecule has 2 N–H and O–H groups in total. The molecule has 0 aliphatic carbocycles. The molecule has 0 unspecified atom stereocenters. The maximum absolute atomic E-state index is 12.7. The number of aromatic amines is 1. The summed E-state index contributed by atoms with van der Waals surface area (Å²) in [6.45, 7) is 1.66. The maximum atomic E-state index is 12.7. The summed E-state index contributed by atoms with van der Waals surface area (Å²) in [6.07, 6.45) is 5.29. The Morgan fingerprint density at radius 3 is 2.74 bits per heavy atom. The van der Waals surface area contributed by atoms with Crippen LogP contribution in [0.2, 0.25) is 0 Å². The van der Waals surface area contributed by atoms with E-state index in [1.54, 1.807) is 12.3 Å². The number of nitrogens with one attached hydrogen (secondary N) is 2. The number of likely N-dealkylation sites (tertiary alicyclic amines) is 1. The Bertz CT molecular complexity index is 921. The number of para-hydroxylation sites is 1. The fourth-order valence-corrected chi connectivity index (χ4v) is 3.68. The van der Waals surface area contributed by atoms with Crippen molar-refractivity contribution < 1.29 is 14.0 Å². The van der Waals surface area contributed by atoms with Crippen molar-refractivity contribution in [2.45, 2.75) is 25.8 Å². The number of nitrogens with zero attached hydrogens (tertiary/aromatic N) is 1. The molecule has 3 aromatic rings. The molecule has 1 saturated heterocycles. The van der Waals surface area contributed by atoms with Gasteiger partial charge in [-0.2, -0.15) is 0 Å². The van der Waals surface area contributed by atoms with Crippen LogP contribution < -0.4 is 5.32 Å². The lowest BCUT2D eigenvalue weighted by Gasteiger charge is -2.31. The maximum Gasteiger partial charge on any atom is 0.227 e. The zero-order valence-electron chi connectivity index (χ0n) is 15.1. The highest BCUT2D eigenvalue weighted by Crippen LogP contribution is 2.21. The lowest BCUT2D eigenvalue weighted by atomic mass is 9.95. The Balaban J connectivity index is 1.28. The van der Waals surface area contributed by atoms with Gasteiger partial charge in [0.2, 0.25) is 11.8 Å². The Hall–Kier alpha value is -3.02. The Morgan fingerprint density at radius 2 is 1.96 bits per heavy atom. The van der Waals surface area contributed by atoms with Crippen LogP contribution in [-0.4, -0.2) is 34.8 Å². The number of hydrogen-bond donors (Lipinski definition) is 2. The minimum absolute atomic E-state index is 0.0372. The van der Waals surface area contributed by atoms with Gasteiger partial charge in [-0.05, 0) is 36.6 Å². The molecular formula is C21H23N3O3. The molecule has 3 heterocycles. The van der Waals surface area contributed by atoms with Crippen LogP contribution in [0.1, 0.15) is 24.2 Å². The molecule has 1 aliphatic heterocycles. The van der Waals surface area contributed by atoms with Gasteiger partial charge in [0, 0.05) is 36.1 Å². The van der Waals surface area contributed by atoms with Gasteiger partial charge in [-0.25, -0.2) is 0 Å². The molecule has 2 amide bonds. The van der Waals surface area contributed by atoms with Crippen molar-refractivity contribution in [2.24, 2.45) is 5.92 Å². The molecule has 4 rings (SSSR count). The van der Waals surface area contributed by atoms with Gasteiger partial charge in [-0.15, -0.1) is 0 Å². The first-order valence-corrected chi connectivity index (χ1v) is 9.33. The molecular weight excluding hydrogens is 342 g/mol. The highest BCUT2D eigenvalue weighted by molar-refractivity contribution is 5.89. The van der Waals surface area contributed by atoms with Crippen LogP contribution in [0.4, 0.5) is 0 Å². The van der Waals surface area contributed by atoms with Gasteiger partial charge >= 0.3 is 0 Å². The number of aromatic nitrogens is 1. The minimum atomic E-state index is -0.0444. The van der Waals surface area contributed by atoms with E-state index in [2.05, 4.69) is 10.3 Å². The average Bonchev–Trinajstić information content (AvgIpc) is 3.36. The van der Waals surface area contributed by atoms with E-state index in [0.717, 1.165) is 22.2 Å². The van der Waals surface area contributed by atoms with E-state index in [4.69, 9.17) is 4.42 Å². The zero-order valence-corrected chi connectivity index (χ0v) is 15.1. The number of carbonyl (C=O) groups is 2. The van der Waals surface area contributed by atoms with Crippen LogP contribution in [0.5, 0.6) is 0 Å². The largest absolute Gasteiger partial charge is 0.467 e. The van der Waals surface area contributed by atoms with Gasteiger partial charge in [0.15, 0.2) is 0 Å². The number of carbonyl (C=O) groups excluding carboxylic acids is 2. The number of benzene rings is 1. The van der Waals surface area contributed by atoms with E-state index in [-0.39, 0.29) is 17.7 Å². The second-order valence-corrected chi connectivity index (χ2v) is 6.99. The highest BCUT2D eigenvalue weighted by atomic mass is 16.3. The van der Waals surface area contributed by atoms with Crippen LogP contribution in [-0.2, 0) is 22.6 Å². The van der Waals surface area contributed by atoms with Gasteiger partial charge in [0.25, 0.3) is 0 Å². The second-order valence-electron chi connectivity index (χ2n) is 6.99. The molecule has 1 fully saturated rings. The predicted octanol–water partition coefficient (Wildman–Crippen LogP) is 2.86. The van der Waals surface area contributed by atoms with E-state index < -0.39 is 0 Å². The number of furan rings is 1. The summed E-state index contributed by atoms with van der Waals surface area (Å²) in [4.78, 5) is 30.1. The van der Waals surface area contributed by atoms with E-state index in [1.165, 1.54) is 0 Å². The van der Waals surface area contributed by atoms with Crippen LogP contribution in [0.25, 0.3) is 10.9 Å². The average molecular weight is 365 g/mol. The van der Waals surface area contributed by atoms with Gasteiger partial charge < -0.3 is 19.6 Å². The Kier molecular flexibility index (Phi) is 4.96. The molecule has 6 nitrogen and oxygen atoms in total. The third-order valence-corrected chi connectivity index (χ3v) is 5.25. The molecule has 0 radical (unpaired) electrons. The van der Waals surface area contributed by atoms with E-state index in [1.807, 2.05) is 41.4 Å². The first kappa shape index (κ1) is 17.4. The summed E-state index contributed by atoms with van der Waals surface area (Å²) in [5, 5.41) is 4.01. The molecule has 2 aromatic heterocycles. The molecule has 0 atom stereocenters. The first-order chi connectivity index (χ1) is 13.2. The number of rotatable bonds is 5. The Morgan fingerprint density at radius 1 is 1.15 bits per heavy atom. The van der Waals surface area contributed by atoms with Crippen molar-refractivity contribution in [2.75, 3.05) is 13.1 Å².